The molecule has 1 aliphatic rings. The molecule has 1 aromatic carbocycles. The number of rotatable bonds is 4. The van der Waals surface area contributed by atoms with Crippen molar-refractivity contribution in [1.82, 2.24) is 4.37 Å². The molecule has 22 heavy (non-hydrogen) atoms. The summed E-state index contributed by atoms with van der Waals surface area (Å²) in [7, 11) is -0.299. The number of nitrogens with one attached hydrogen (secondary N) is 1. The molecular weight excluding hydrogens is 326 g/mol. The molecule has 1 N–H and O–H groups in total. The topological polar surface area (TPSA) is 80.8 Å². The summed E-state index contributed by atoms with van der Waals surface area (Å²) in [4.78, 5) is 2.02. The summed E-state index contributed by atoms with van der Waals surface area (Å²) in [5.74, 6) is 1.03. The fraction of sp³-hybridized carbons (Fsp3) is 0.308. The molecule has 0 aliphatic carbocycles. The molecule has 3 rings (SSSR count). The minimum absolute atomic E-state index is 0.103. The largest absolute Gasteiger partial charge is 0.490 e. The zero-order valence-electron chi connectivity index (χ0n) is 12.1. The molecule has 2 heterocycles. The van der Waals surface area contributed by atoms with Crippen molar-refractivity contribution in [2.75, 3.05) is 36.9 Å². The molecule has 1 aromatic heterocycles. The molecule has 0 spiro atoms. The van der Waals surface area contributed by atoms with E-state index >= 15 is 0 Å². The second kappa shape index (κ2) is 5.65. The highest BCUT2D eigenvalue weighted by atomic mass is 32.2. The van der Waals surface area contributed by atoms with E-state index in [0.29, 0.717) is 12.3 Å². The molecule has 0 amide bonds. The van der Waals surface area contributed by atoms with Crippen molar-refractivity contribution >= 4 is 32.9 Å². The third kappa shape index (κ3) is 2.81. The van der Waals surface area contributed by atoms with Crippen LogP contribution >= 0.6 is 11.5 Å². The normalized spacial score (nSPS) is 14.2. The molecule has 0 fully saturated rings. The van der Waals surface area contributed by atoms with Gasteiger partial charge in [-0.1, -0.05) is 0 Å². The van der Waals surface area contributed by atoms with Gasteiger partial charge in [-0.25, -0.2) is 8.42 Å². The Hall–Kier alpha value is -2.00. The Morgan fingerprint density at radius 1 is 1.41 bits per heavy atom. The van der Waals surface area contributed by atoms with Gasteiger partial charge in [0.25, 0.3) is 10.0 Å². The number of hydrogen-bond donors (Lipinski definition) is 1. The summed E-state index contributed by atoms with van der Waals surface area (Å²) in [5, 5.41) is 0. The molecular formula is C13H15N3O4S2. The van der Waals surface area contributed by atoms with Crippen LogP contribution in [-0.2, 0) is 10.0 Å². The highest BCUT2D eigenvalue weighted by Crippen LogP contribution is 2.34. The van der Waals surface area contributed by atoms with Crippen molar-refractivity contribution < 1.29 is 17.9 Å². The summed E-state index contributed by atoms with van der Waals surface area (Å²) >= 11 is 0.869. The van der Waals surface area contributed by atoms with E-state index in [1.54, 1.807) is 18.2 Å². The van der Waals surface area contributed by atoms with Crippen molar-refractivity contribution in [3.8, 4) is 11.6 Å². The number of hydrogen-bond acceptors (Lipinski definition) is 7. The van der Waals surface area contributed by atoms with Crippen molar-refractivity contribution in [1.29, 1.82) is 0 Å². The molecule has 0 unspecified atom stereocenters. The van der Waals surface area contributed by atoms with Gasteiger partial charge in [0.05, 0.1) is 25.0 Å². The molecule has 1 aliphatic heterocycles. The molecule has 0 bridgehead atoms. The zero-order chi connectivity index (χ0) is 15.7. The fourth-order valence-corrected chi connectivity index (χ4v) is 3.97. The van der Waals surface area contributed by atoms with E-state index < -0.39 is 10.0 Å². The van der Waals surface area contributed by atoms with E-state index in [4.69, 9.17) is 9.47 Å². The van der Waals surface area contributed by atoms with Gasteiger partial charge < -0.3 is 14.4 Å². The third-order valence-corrected chi connectivity index (χ3v) is 5.85. The standard InChI is InChI=1S/C13H15N3O4S2/c1-16-5-6-20-11-4-3-9(7-10(11)16)15-22(17,18)13-8-12(19-2)14-21-13/h3-4,7-8,15H,5-6H2,1-2H3. The minimum Gasteiger partial charge on any atom is -0.490 e. The second-order valence-electron chi connectivity index (χ2n) is 4.75. The Bertz CT molecular complexity index is 788. The Balaban J connectivity index is 1.87. The van der Waals surface area contributed by atoms with Crippen LogP contribution in [-0.4, -0.2) is 40.1 Å². The van der Waals surface area contributed by atoms with Crippen molar-refractivity contribution in [3.05, 3.63) is 24.3 Å². The maximum absolute atomic E-state index is 12.3. The number of ether oxygens (including phenoxy) is 2. The van der Waals surface area contributed by atoms with E-state index in [9.17, 15) is 8.42 Å². The lowest BCUT2D eigenvalue weighted by Crippen LogP contribution is -2.28. The third-order valence-electron chi connectivity index (χ3n) is 3.25. The average Bonchev–Trinajstić information content (AvgIpc) is 2.98. The Kier molecular flexibility index (Phi) is 3.83. The summed E-state index contributed by atoms with van der Waals surface area (Å²) < 4.78 is 41.7. The highest BCUT2D eigenvalue weighted by Gasteiger charge is 2.21. The Labute approximate surface area is 132 Å². The number of aromatic nitrogens is 1. The lowest BCUT2D eigenvalue weighted by Gasteiger charge is -2.28. The van der Waals surface area contributed by atoms with E-state index in [1.165, 1.54) is 13.2 Å². The predicted molar refractivity (Wildman–Crippen MR) is 84.7 cm³/mol. The number of sulfonamides is 1. The van der Waals surface area contributed by atoms with Crippen LogP contribution in [0.5, 0.6) is 11.6 Å². The summed E-state index contributed by atoms with van der Waals surface area (Å²) in [5.41, 5.74) is 1.33. The quantitative estimate of drug-likeness (QED) is 0.913. The lowest BCUT2D eigenvalue weighted by atomic mass is 10.2. The molecule has 0 saturated heterocycles. The number of fused-ring (bicyclic) bond motifs is 1. The molecule has 7 nitrogen and oxygen atoms in total. The number of nitrogens with zero attached hydrogens (tertiary/aromatic N) is 2. The van der Waals surface area contributed by atoms with Crippen LogP contribution in [0.25, 0.3) is 0 Å². The van der Waals surface area contributed by atoms with Gasteiger partial charge in [0.2, 0.25) is 5.88 Å². The SMILES string of the molecule is COc1cc(S(=O)(=O)Nc2ccc3c(c2)N(C)CCO3)sn1. The smallest absolute Gasteiger partial charge is 0.273 e. The lowest BCUT2D eigenvalue weighted by molar-refractivity contribution is 0.311. The van der Waals surface area contributed by atoms with Gasteiger partial charge in [0.1, 0.15) is 12.4 Å². The zero-order valence-corrected chi connectivity index (χ0v) is 13.7. The van der Waals surface area contributed by atoms with E-state index in [-0.39, 0.29) is 10.1 Å². The second-order valence-corrected chi connectivity index (χ2v) is 7.46. The van der Waals surface area contributed by atoms with E-state index in [0.717, 1.165) is 29.5 Å². The number of benzene rings is 1. The number of anilines is 2. The molecule has 2 aromatic rings. The van der Waals surface area contributed by atoms with Crippen LogP contribution in [0.15, 0.2) is 28.5 Å². The summed E-state index contributed by atoms with van der Waals surface area (Å²) in [6.45, 7) is 1.38. The Morgan fingerprint density at radius 2 is 2.23 bits per heavy atom. The van der Waals surface area contributed by atoms with Crippen LogP contribution in [0.4, 0.5) is 11.4 Å². The van der Waals surface area contributed by atoms with Gasteiger partial charge in [-0.3, -0.25) is 4.72 Å². The first-order valence-corrected chi connectivity index (χ1v) is 8.77. The van der Waals surface area contributed by atoms with Crippen LogP contribution in [0.1, 0.15) is 0 Å². The Morgan fingerprint density at radius 3 is 2.95 bits per heavy atom. The maximum Gasteiger partial charge on any atom is 0.273 e. The van der Waals surface area contributed by atoms with Crippen molar-refractivity contribution in [2.45, 2.75) is 4.21 Å². The summed E-state index contributed by atoms with van der Waals surface area (Å²) in [6, 6.07) is 6.58. The first-order chi connectivity index (χ1) is 10.5. The van der Waals surface area contributed by atoms with Crippen LogP contribution in [0, 0.1) is 0 Å². The first kappa shape index (κ1) is 14.9. The number of likely N-dealkylation sites (N-methyl/N-ethyl adjacent to an activating group) is 1. The maximum atomic E-state index is 12.3. The van der Waals surface area contributed by atoms with Crippen LogP contribution in [0.2, 0.25) is 0 Å². The molecule has 0 atom stereocenters. The molecule has 0 saturated carbocycles. The van der Waals surface area contributed by atoms with Gasteiger partial charge in [-0.2, -0.15) is 4.37 Å². The minimum atomic E-state index is -3.68. The van der Waals surface area contributed by atoms with Crippen molar-refractivity contribution in [2.24, 2.45) is 0 Å². The summed E-state index contributed by atoms with van der Waals surface area (Å²) in [6.07, 6.45) is 0. The number of methoxy groups -OCH3 is 1. The van der Waals surface area contributed by atoms with Crippen LogP contribution in [0.3, 0.4) is 0 Å². The first-order valence-electron chi connectivity index (χ1n) is 6.51. The molecule has 0 radical (unpaired) electrons. The molecule has 9 heteroatoms. The highest BCUT2D eigenvalue weighted by molar-refractivity contribution is 7.94. The van der Waals surface area contributed by atoms with Gasteiger partial charge in [0, 0.05) is 13.1 Å². The van der Waals surface area contributed by atoms with Gasteiger partial charge in [-0.15, -0.1) is 0 Å². The van der Waals surface area contributed by atoms with E-state index in [2.05, 4.69) is 9.10 Å². The van der Waals surface area contributed by atoms with E-state index in [1.807, 2.05) is 11.9 Å². The predicted octanol–water partition coefficient (Wildman–Crippen LogP) is 1.78. The van der Waals surface area contributed by atoms with Gasteiger partial charge >= 0.3 is 0 Å². The van der Waals surface area contributed by atoms with Gasteiger partial charge in [-0.05, 0) is 29.7 Å². The van der Waals surface area contributed by atoms with Crippen LogP contribution < -0.4 is 19.1 Å². The molecule has 118 valence electrons. The fourth-order valence-electron chi connectivity index (χ4n) is 2.09. The average molecular weight is 341 g/mol. The van der Waals surface area contributed by atoms with Crippen molar-refractivity contribution in [3.63, 3.8) is 0 Å². The monoisotopic (exact) mass is 341 g/mol. The van der Waals surface area contributed by atoms with Gasteiger partial charge in [0.15, 0.2) is 4.21 Å².